The number of esters is 1. The first-order valence-corrected chi connectivity index (χ1v) is 9.00. The summed E-state index contributed by atoms with van der Waals surface area (Å²) in [5.41, 5.74) is 0. The molecule has 1 fully saturated rings. The third-order valence-electron chi connectivity index (χ3n) is 4.00. The second-order valence-electron chi connectivity index (χ2n) is 5.51. The van der Waals surface area contributed by atoms with E-state index in [-0.39, 0.29) is 11.8 Å². The smallest absolute Gasteiger partial charge is 0.349 e. The predicted molar refractivity (Wildman–Crippen MR) is 89.9 cm³/mol. The number of thiophene rings is 2. The Bertz CT molecular complexity index is 874. The van der Waals surface area contributed by atoms with E-state index in [1.807, 2.05) is 18.2 Å². The van der Waals surface area contributed by atoms with Crippen molar-refractivity contribution in [1.82, 2.24) is 0 Å². The Labute approximate surface area is 135 Å². The number of rotatable bonds is 2. The molecular weight excluding hydrogens is 316 g/mol. The van der Waals surface area contributed by atoms with Gasteiger partial charge in [-0.1, -0.05) is 18.2 Å². The van der Waals surface area contributed by atoms with E-state index in [0.717, 1.165) is 22.2 Å². The summed E-state index contributed by atoms with van der Waals surface area (Å²) in [6.07, 6.45) is 2.51. The van der Waals surface area contributed by atoms with Crippen LogP contribution in [-0.4, -0.2) is 17.9 Å². The van der Waals surface area contributed by atoms with Gasteiger partial charge >= 0.3 is 5.97 Å². The van der Waals surface area contributed by atoms with Gasteiger partial charge in [0.05, 0.1) is 4.70 Å². The van der Waals surface area contributed by atoms with Gasteiger partial charge in [0.2, 0.25) is 0 Å². The largest absolute Gasteiger partial charge is 0.450 e. The zero-order chi connectivity index (χ0) is 15.1. The van der Waals surface area contributed by atoms with E-state index in [1.165, 1.54) is 21.4 Å². The van der Waals surface area contributed by atoms with Crippen LogP contribution in [0, 0.1) is 0 Å². The Kier molecular flexibility index (Phi) is 3.47. The van der Waals surface area contributed by atoms with Crippen LogP contribution in [-0.2, 0) is 9.53 Å². The van der Waals surface area contributed by atoms with Crippen molar-refractivity contribution in [3.63, 3.8) is 0 Å². The maximum absolute atomic E-state index is 12.3. The highest BCUT2D eigenvalue weighted by Crippen LogP contribution is 2.39. The maximum atomic E-state index is 12.3. The molecule has 3 aromatic rings. The van der Waals surface area contributed by atoms with E-state index in [0.29, 0.717) is 17.7 Å². The van der Waals surface area contributed by atoms with E-state index in [4.69, 9.17) is 4.74 Å². The molecule has 0 unspecified atom stereocenters. The fourth-order valence-corrected chi connectivity index (χ4v) is 5.27. The minimum atomic E-state index is -0.543. The molecule has 0 radical (unpaired) electrons. The van der Waals surface area contributed by atoms with E-state index in [1.54, 1.807) is 11.3 Å². The highest BCUT2D eigenvalue weighted by molar-refractivity contribution is 7.33. The number of hydrogen-bond acceptors (Lipinski definition) is 5. The minimum Gasteiger partial charge on any atom is -0.450 e. The summed E-state index contributed by atoms with van der Waals surface area (Å²) in [5, 5.41) is 1.18. The lowest BCUT2D eigenvalue weighted by Gasteiger charge is -2.20. The average Bonchev–Trinajstić information content (AvgIpc) is 3.07. The monoisotopic (exact) mass is 330 g/mol. The number of carbonyl (C=O) groups excluding carboxylic acids is 2. The lowest BCUT2D eigenvalue weighted by molar-refractivity contribution is -0.129. The average molecular weight is 330 g/mol. The third-order valence-corrected chi connectivity index (χ3v) is 6.39. The van der Waals surface area contributed by atoms with Crippen molar-refractivity contribution in [2.75, 3.05) is 0 Å². The Morgan fingerprint density at radius 2 is 2.00 bits per heavy atom. The summed E-state index contributed by atoms with van der Waals surface area (Å²) in [5.74, 6) is -0.304. The van der Waals surface area contributed by atoms with Gasteiger partial charge in [-0.3, -0.25) is 4.79 Å². The Balaban J connectivity index is 1.63. The molecule has 1 aromatic carbocycles. The second-order valence-corrected chi connectivity index (χ2v) is 7.64. The summed E-state index contributed by atoms with van der Waals surface area (Å²) >= 11 is 3.14. The van der Waals surface area contributed by atoms with E-state index < -0.39 is 6.10 Å². The quantitative estimate of drug-likeness (QED) is 0.635. The normalized spacial score (nSPS) is 18.9. The molecular formula is C17H14O3S2. The lowest BCUT2D eigenvalue weighted by Crippen LogP contribution is -2.29. The minimum absolute atomic E-state index is 0.0587. The van der Waals surface area contributed by atoms with Crippen LogP contribution in [0.3, 0.4) is 0 Å². The van der Waals surface area contributed by atoms with Crippen molar-refractivity contribution >= 4 is 53.9 Å². The van der Waals surface area contributed by atoms with Gasteiger partial charge in [0.15, 0.2) is 11.9 Å². The van der Waals surface area contributed by atoms with Gasteiger partial charge < -0.3 is 4.74 Å². The van der Waals surface area contributed by atoms with Crippen molar-refractivity contribution in [3.8, 4) is 0 Å². The molecule has 3 nitrogen and oxygen atoms in total. The molecule has 112 valence electrons. The molecule has 0 N–H and O–H groups in total. The Morgan fingerprint density at radius 3 is 2.86 bits per heavy atom. The number of carbonyl (C=O) groups is 2. The number of benzene rings is 1. The molecule has 0 amide bonds. The molecule has 1 atom stereocenters. The van der Waals surface area contributed by atoms with Gasteiger partial charge in [-0.05, 0) is 31.4 Å². The van der Waals surface area contributed by atoms with Crippen LogP contribution in [0.15, 0.2) is 30.3 Å². The van der Waals surface area contributed by atoms with Crippen LogP contribution in [0.2, 0.25) is 0 Å². The van der Waals surface area contributed by atoms with E-state index >= 15 is 0 Å². The zero-order valence-corrected chi connectivity index (χ0v) is 13.5. The first-order valence-electron chi connectivity index (χ1n) is 7.37. The van der Waals surface area contributed by atoms with Crippen molar-refractivity contribution in [2.24, 2.45) is 0 Å². The van der Waals surface area contributed by atoms with Crippen LogP contribution in [0.25, 0.3) is 19.5 Å². The number of ketones is 1. The molecule has 0 bridgehead atoms. The topological polar surface area (TPSA) is 43.4 Å². The van der Waals surface area contributed by atoms with Gasteiger partial charge in [0, 0.05) is 21.2 Å². The summed E-state index contributed by atoms with van der Waals surface area (Å²) in [7, 11) is 0. The van der Waals surface area contributed by atoms with Gasteiger partial charge in [0.25, 0.3) is 0 Å². The summed E-state index contributed by atoms with van der Waals surface area (Å²) in [4.78, 5) is 24.7. The molecule has 2 aromatic heterocycles. The molecule has 5 heteroatoms. The van der Waals surface area contributed by atoms with Crippen LogP contribution >= 0.6 is 22.7 Å². The van der Waals surface area contributed by atoms with Gasteiger partial charge in [-0.2, -0.15) is 0 Å². The number of ether oxygens (including phenoxy) is 1. The van der Waals surface area contributed by atoms with Crippen LogP contribution in [0.1, 0.15) is 35.4 Å². The zero-order valence-electron chi connectivity index (χ0n) is 11.8. The fraction of sp³-hybridized carbons (Fsp3) is 0.294. The fourth-order valence-electron chi connectivity index (χ4n) is 2.86. The number of fused-ring (bicyclic) bond motifs is 3. The van der Waals surface area contributed by atoms with Gasteiger partial charge in [0.1, 0.15) is 4.88 Å². The molecule has 2 heterocycles. The van der Waals surface area contributed by atoms with Crippen molar-refractivity contribution in [1.29, 1.82) is 0 Å². The van der Waals surface area contributed by atoms with E-state index in [2.05, 4.69) is 12.1 Å². The van der Waals surface area contributed by atoms with Crippen molar-refractivity contribution < 1.29 is 14.3 Å². The third kappa shape index (κ3) is 2.34. The van der Waals surface area contributed by atoms with Crippen molar-refractivity contribution in [3.05, 3.63) is 35.2 Å². The first kappa shape index (κ1) is 13.9. The van der Waals surface area contributed by atoms with Crippen molar-refractivity contribution in [2.45, 2.75) is 31.8 Å². The van der Waals surface area contributed by atoms with Gasteiger partial charge in [-0.15, -0.1) is 22.7 Å². The summed E-state index contributed by atoms with van der Waals surface area (Å²) in [6.45, 7) is 0. The highest BCUT2D eigenvalue weighted by Gasteiger charge is 2.27. The SMILES string of the molecule is O=C(O[C@@H]1CCCCC1=O)c1cc2sc3ccccc3c2s1. The molecule has 1 aliphatic rings. The second kappa shape index (κ2) is 5.48. The first-order chi connectivity index (χ1) is 10.7. The summed E-state index contributed by atoms with van der Waals surface area (Å²) in [6, 6.07) is 10.1. The Hall–Kier alpha value is -1.72. The maximum Gasteiger partial charge on any atom is 0.349 e. The van der Waals surface area contributed by atoms with Crippen LogP contribution in [0.5, 0.6) is 0 Å². The van der Waals surface area contributed by atoms with Gasteiger partial charge in [-0.25, -0.2) is 4.79 Å². The lowest BCUT2D eigenvalue weighted by atomic mass is 9.96. The number of hydrogen-bond donors (Lipinski definition) is 0. The number of Topliss-reactive ketones (excluding diaryl/α,β-unsaturated/α-hetero) is 1. The van der Waals surface area contributed by atoms with Crippen LogP contribution in [0.4, 0.5) is 0 Å². The molecule has 4 rings (SSSR count). The van der Waals surface area contributed by atoms with Crippen LogP contribution < -0.4 is 0 Å². The van der Waals surface area contributed by atoms with E-state index in [9.17, 15) is 9.59 Å². The summed E-state index contributed by atoms with van der Waals surface area (Å²) < 4.78 is 8.89. The molecule has 1 saturated carbocycles. The molecule has 1 aliphatic carbocycles. The molecule has 22 heavy (non-hydrogen) atoms. The standard InChI is InChI=1S/C17H14O3S2/c18-11-6-2-3-7-12(11)20-17(19)15-9-14-16(22-15)10-5-1-4-8-13(10)21-14/h1,4-5,8-9,12H,2-3,6-7H2/t12-/m1/s1. The molecule has 0 aliphatic heterocycles. The molecule has 0 saturated heterocycles. The predicted octanol–water partition coefficient (Wildman–Crippen LogP) is 4.78. The molecule has 0 spiro atoms. The Morgan fingerprint density at radius 1 is 1.14 bits per heavy atom. The highest BCUT2D eigenvalue weighted by atomic mass is 32.1.